The van der Waals surface area contributed by atoms with E-state index in [4.69, 9.17) is 4.74 Å². The molecule has 32 heavy (non-hydrogen) atoms. The number of anilines is 1. The molecule has 2 heterocycles. The van der Waals surface area contributed by atoms with Gasteiger partial charge < -0.3 is 15.0 Å². The number of thioether (sulfide) groups is 1. The monoisotopic (exact) mass is 452 g/mol. The fourth-order valence-electron chi connectivity index (χ4n) is 3.85. The van der Waals surface area contributed by atoms with Crippen molar-refractivity contribution in [2.75, 3.05) is 4.90 Å². The number of hydrogen-bond acceptors (Lipinski definition) is 6. The zero-order chi connectivity index (χ0) is 23.0. The van der Waals surface area contributed by atoms with Crippen LogP contribution in [0, 0.1) is 0 Å². The third-order valence-corrected chi connectivity index (χ3v) is 6.29. The van der Waals surface area contributed by atoms with Gasteiger partial charge >= 0.3 is 0 Å². The Hall–Kier alpha value is -3.33. The average molecular weight is 453 g/mol. The lowest BCUT2D eigenvalue weighted by Crippen LogP contribution is -2.48. The fraction of sp³-hybridized carbons (Fsp3) is 0.304. The summed E-state index contributed by atoms with van der Waals surface area (Å²) in [6, 6.07) is 14.9. The van der Waals surface area contributed by atoms with Gasteiger partial charge in [0.05, 0.1) is 18.3 Å². The maximum Gasteiger partial charge on any atom is 0.271 e. The molecule has 9 heteroatoms. The molecule has 1 atom stereocenters. The summed E-state index contributed by atoms with van der Waals surface area (Å²) in [6.07, 6.45) is 0.0718. The van der Waals surface area contributed by atoms with Crippen molar-refractivity contribution in [2.24, 2.45) is 5.10 Å². The summed E-state index contributed by atoms with van der Waals surface area (Å²) in [4.78, 5) is 38.2. The van der Waals surface area contributed by atoms with E-state index in [0.29, 0.717) is 17.8 Å². The second-order valence-corrected chi connectivity index (χ2v) is 9.06. The Bertz CT molecular complexity index is 1120. The van der Waals surface area contributed by atoms with Crippen LogP contribution >= 0.6 is 11.8 Å². The highest BCUT2D eigenvalue weighted by atomic mass is 32.2. The molecule has 2 aromatic carbocycles. The lowest BCUT2D eigenvalue weighted by atomic mass is 10.1. The summed E-state index contributed by atoms with van der Waals surface area (Å²) in [7, 11) is 0. The molecule has 0 unspecified atom stereocenters. The summed E-state index contributed by atoms with van der Waals surface area (Å²) in [5, 5.41) is 8.26. The Kier molecular flexibility index (Phi) is 5.68. The Labute approximate surface area is 190 Å². The molecule has 0 bridgehead atoms. The van der Waals surface area contributed by atoms with Gasteiger partial charge in [0.15, 0.2) is 5.17 Å². The van der Waals surface area contributed by atoms with Gasteiger partial charge in [-0.15, -0.1) is 5.10 Å². The summed E-state index contributed by atoms with van der Waals surface area (Å²) < 4.78 is 5.70. The molecule has 0 fully saturated rings. The van der Waals surface area contributed by atoms with Crippen LogP contribution in [0.5, 0.6) is 5.75 Å². The predicted molar refractivity (Wildman–Crippen MR) is 123 cm³/mol. The number of fused-ring (bicyclic) bond motifs is 2. The first-order valence-corrected chi connectivity index (χ1v) is 11.1. The highest BCUT2D eigenvalue weighted by Crippen LogP contribution is 2.54. The minimum Gasteiger partial charge on any atom is -0.491 e. The lowest BCUT2D eigenvalue weighted by molar-refractivity contribution is -0.139. The van der Waals surface area contributed by atoms with E-state index in [0.717, 1.165) is 23.1 Å². The molecule has 3 amide bonds. The molecule has 166 valence electrons. The van der Waals surface area contributed by atoms with E-state index < -0.39 is 10.8 Å². The van der Waals surface area contributed by atoms with E-state index in [-0.39, 0.29) is 23.1 Å². The zero-order valence-electron chi connectivity index (χ0n) is 18.3. The van der Waals surface area contributed by atoms with Gasteiger partial charge in [0, 0.05) is 19.4 Å². The second kappa shape index (κ2) is 8.31. The van der Waals surface area contributed by atoms with Gasteiger partial charge in [-0.2, -0.15) is 5.01 Å². The van der Waals surface area contributed by atoms with E-state index >= 15 is 0 Å². The maximum atomic E-state index is 13.8. The molecular formula is C23H24N4O4S. The number of carbonyl (C=O) groups excluding carboxylic acids is 3. The molecule has 1 spiro atoms. The van der Waals surface area contributed by atoms with Crippen LogP contribution in [-0.2, 0) is 25.8 Å². The molecule has 8 nitrogen and oxygen atoms in total. The molecule has 2 aliphatic rings. The van der Waals surface area contributed by atoms with Gasteiger partial charge in [-0.25, -0.2) is 0 Å². The van der Waals surface area contributed by atoms with Gasteiger partial charge in [-0.05, 0) is 49.4 Å². The number of para-hydroxylation sites is 1. The molecule has 0 aromatic heterocycles. The van der Waals surface area contributed by atoms with Crippen LogP contribution < -0.4 is 15.0 Å². The van der Waals surface area contributed by atoms with Crippen molar-refractivity contribution in [3.63, 3.8) is 0 Å². The van der Waals surface area contributed by atoms with Gasteiger partial charge in [0.2, 0.25) is 16.7 Å². The van der Waals surface area contributed by atoms with Crippen LogP contribution in [0.25, 0.3) is 0 Å². The van der Waals surface area contributed by atoms with Crippen molar-refractivity contribution >= 4 is 40.3 Å². The quantitative estimate of drug-likeness (QED) is 0.769. The topological polar surface area (TPSA) is 91.3 Å². The van der Waals surface area contributed by atoms with Crippen LogP contribution in [0.15, 0.2) is 53.6 Å². The van der Waals surface area contributed by atoms with Crippen LogP contribution in [0.1, 0.15) is 38.8 Å². The molecule has 0 saturated carbocycles. The van der Waals surface area contributed by atoms with E-state index in [1.165, 1.54) is 18.9 Å². The van der Waals surface area contributed by atoms with Gasteiger partial charge in [0.25, 0.3) is 5.91 Å². The van der Waals surface area contributed by atoms with Crippen LogP contribution in [0.3, 0.4) is 0 Å². The smallest absolute Gasteiger partial charge is 0.271 e. The first-order valence-electron chi connectivity index (χ1n) is 10.3. The molecule has 4 rings (SSSR count). The van der Waals surface area contributed by atoms with Crippen LogP contribution in [-0.4, -0.2) is 34.0 Å². The minimum atomic E-state index is -1.39. The number of rotatable bonds is 4. The van der Waals surface area contributed by atoms with Crippen molar-refractivity contribution in [3.05, 3.63) is 59.7 Å². The highest BCUT2D eigenvalue weighted by Gasteiger charge is 2.61. The summed E-state index contributed by atoms with van der Waals surface area (Å²) in [5.74, 6) is -0.240. The summed E-state index contributed by atoms with van der Waals surface area (Å²) in [6.45, 7) is 6.96. The van der Waals surface area contributed by atoms with Crippen LogP contribution in [0.2, 0.25) is 0 Å². The molecule has 1 N–H and O–H groups in total. The third kappa shape index (κ3) is 3.73. The first kappa shape index (κ1) is 21.9. The number of nitrogens with one attached hydrogen (secondary N) is 1. The summed E-state index contributed by atoms with van der Waals surface area (Å²) in [5.41, 5.74) is 2.29. The Morgan fingerprint density at radius 3 is 2.44 bits per heavy atom. The van der Waals surface area contributed by atoms with Crippen molar-refractivity contribution in [2.45, 2.75) is 45.2 Å². The maximum absolute atomic E-state index is 13.8. The normalized spacial score (nSPS) is 19.4. The lowest BCUT2D eigenvalue weighted by Gasteiger charge is -2.29. The molecular weight excluding hydrogens is 428 g/mol. The number of nitrogens with zero attached hydrogens (tertiary/aromatic N) is 3. The van der Waals surface area contributed by atoms with Crippen molar-refractivity contribution in [1.82, 2.24) is 10.3 Å². The Morgan fingerprint density at radius 1 is 1.12 bits per heavy atom. The van der Waals surface area contributed by atoms with Crippen molar-refractivity contribution in [1.29, 1.82) is 0 Å². The molecule has 0 radical (unpaired) electrons. The number of amides is 3. The standard InChI is InChI=1S/C23H24N4O4S/c1-14(2)31-18-11-9-17(10-12-18)13-26-20-8-6-5-7-19(20)23(21(26)30)27(16(4)29)25-22(32-23)24-15(3)28/h5-12,14H,13H2,1-4H3,(H,24,25,28)/t23-/m1/s1. The molecule has 0 aliphatic carbocycles. The zero-order valence-corrected chi connectivity index (χ0v) is 19.1. The number of benzene rings is 2. The molecule has 2 aliphatic heterocycles. The third-order valence-electron chi connectivity index (χ3n) is 5.05. The van der Waals surface area contributed by atoms with E-state index in [1.54, 1.807) is 4.90 Å². The van der Waals surface area contributed by atoms with E-state index in [9.17, 15) is 14.4 Å². The van der Waals surface area contributed by atoms with Crippen molar-refractivity contribution in [3.8, 4) is 5.75 Å². The van der Waals surface area contributed by atoms with Gasteiger partial charge in [-0.3, -0.25) is 14.4 Å². The van der Waals surface area contributed by atoms with Crippen molar-refractivity contribution < 1.29 is 19.1 Å². The average Bonchev–Trinajstić information content (AvgIpc) is 3.21. The largest absolute Gasteiger partial charge is 0.491 e. The Morgan fingerprint density at radius 2 is 1.81 bits per heavy atom. The highest BCUT2D eigenvalue weighted by molar-refractivity contribution is 8.15. The Balaban J connectivity index is 1.70. The number of carbonyl (C=O) groups is 3. The van der Waals surface area contributed by atoms with Crippen LogP contribution in [0.4, 0.5) is 5.69 Å². The van der Waals surface area contributed by atoms with E-state index in [1.807, 2.05) is 62.4 Å². The number of hydrogen-bond donors (Lipinski definition) is 1. The summed E-state index contributed by atoms with van der Waals surface area (Å²) >= 11 is 1.07. The number of amidine groups is 1. The fourth-order valence-corrected chi connectivity index (χ4v) is 5.18. The SMILES string of the molecule is CC(=O)NC1=NN(C(C)=O)[C@]2(S1)C(=O)N(Cc1ccc(OC(C)C)cc1)c1ccccc12. The number of ether oxygens (including phenoxy) is 1. The number of hydrazone groups is 1. The molecule has 2 aromatic rings. The van der Waals surface area contributed by atoms with Gasteiger partial charge in [-0.1, -0.05) is 30.3 Å². The van der Waals surface area contributed by atoms with E-state index in [2.05, 4.69) is 10.4 Å². The molecule has 0 saturated heterocycles. The minimum absolute atomic E-state index is 0.0718. The second-order valence-electron chi connectivity index (χ2n) is 7.88. The predicted octanol–water partition coefficient (Wildman–Crippen LogP) is 3.18. The first-order chi connectivity index (χ1) is 15.2. The van der Waals surface area contributed by atoms with Gasteiger partial charge in [0.1, 0.15) is 5.75 Å².